The number of hydrogen-bond acceptors (Lipinski definition) is 2. The van der Waals surface area contributed by atoms with Gasteiger partial charge in [0.25, 0.3) is 0 Å². The molecule has 0 bridgehead atoms. The lowest BCUT2D eigenvalue weighted by Gasteiger charge is -2.31. The second kappa shape index (κ2) is 4.82. The summed E-state index contributed by atoms with van der Waals surface area (Å²) < 4.78 is 5.22. The summed E-state index contributed by atoms with van der Waals surface area (Å²) in [4.78, 5) is 13.2. The van der Waals surface area contributed by atoms with Gasteiger partial charge in [-0.05, 0) is 19.8 Å². The summed E-state index contributed by atoms with van der Waals surface area (Å²) in [5.41, 5.74) is 0. The molecule has 0 saturated carbocycles. The fourth-order valence-corrected chi connectivity index (χ4v) is 1.69. The highest BCUT2D eigenvalue weighted by Gasteiger charge is 2.24. The van der Waals surface area contributed by atoms with Crippen LogP contribution < -0.4 is 0 Å². The standard InChI is InChI=1S/C9H16ClNO2/c1-7(10)9(12)11(2)8-3-5-13-6-4-8/h7-8H,3-6H2,1-2H3. The van der Waals surface area contributed by atoms with E-state index in [1.54, 1.807) is 11.8 Å². The Hall–Kier alpha value is -0.280. The Labute approximate surface area is 84.0 Å². The predicted molar refractivity (Wildman–Crippen MR) is 51.9 cm³/mol. The summed E-state index contributed by atoms with van der Waals surface area (Å²) in [6.07, 6.45) is 1.84. The quantitative estimate of drug-likeness (QED) is 0.636. The van der Waals surface area contributed by atoms with E-state index < -0.39 is 5.38 Å². The number of alkyl halides is 1. The van der Waals surface area contributed by atoms with E-state index in [0.717, 1.165) is 26.1 Å². The number of halogens is 1. The van der Waals surface area contributed by atoms with Gasteiger partial charge in [0.2, 0.25) is 5.91 Å². The van der Waals surface area contributed by atoms with E-state index in [1.165, 1.54) is 0 Å². The largest absolute Gasteiger partial charge is 0.381 e. The third-order valence-corrected chi connectivity index (χ3v) is 2.61. The van der Waals surface area contributed by atoms with Crippen LogP contribution in [-0.4, -0.2) is 42.5 Å². The maximum Gasteiger partial charge on any atom is 0.240 e. The molecule has 1 rings (SSSR count). The monoisotopic (exact) mass is 205 g/mol. The summed E-state index contributed by atoms with van der Waals surface area (Å²) in [6, 6.07) is 0.308. The Kier molecular flexibility index (Phi) is 4.00. The molecule has 0 aromatic rings. The van der Waals surface area contributed by atoms with Crippen LogP contribution in [-0.2, 0) is 9.53 Å². The Morgan fingerprint density at radius 3 is 2.54 bits per heavy atom. The van der Waals surface area contributed by atoms with Crippen LogP contribution in [0.25, 0.3) is 0 Å². The Bertz CT molecular complexity index is 178. The van der Waals surface area contributed by atoms with Gasteiger partial charge in [-0.3, -0.25) is 4.79 Å². The van der Waals surface area contributed by atoms with Gasteiger partial charge in [-0.2, -0.15) is 0 Å². The van der Waals surface area contributed by atoms with Crippen LogP contribution >= 0.6 is 11.6 Å². The lowest BCUT2D eigenvalue weighted by molar-refractivity contribution is -0.132. The van der Waals surface area contributed by atoms with E-state index in [1.807, 2.05) is 7.05 Å². The smallest absolute Gasteiger partial charge is 0.240 e. The van der Waals surface area contributed by atoms with E-state index in [2.05, 4.69) is 0 Å². The van der Waals surface area contributed by atoms with Crippen molar-refractivity contribution in [1.82, 2.24) is 4.90 Å². The van der Waals surface area contributed by atoms with Crippen molar-refractivity contribution in [2.45, 2.75) is 31.2 Å². The van der Waals surface area contributed by atoms with Gasteiger partial charge in [0.05, 0.1) is 0 Å². The number of carbonyl (C=O) groups is 1. The average Bonchev–Trinajstić information content (AvgIpc) is 2.17. The molecule has 4 heteroatoms. The third-order valence-electron chi connectivity index (χ3n) is 2.43. The van der Waals surface area contributed by atoms with Crippen LogP contribution in [0.15, 0.2) is 0 Å². The second-order valence-corrected chi connectivity index (χ2v) is 4.06. The van der Waals surface area contributed by atoms with E-state index in [9.17, 15) is 4.79 Å². The maximum atomic E-state index is 11.5. The number of hydrogen-bond donors (Lipinski definition) is 0. The molecule has 13 heavy (non-hydrogen) atoms. The van der Waals surface area contributed by atoms with Crippen LogP contribution in [0.2, 0.25) is 0 Å². The Balaban J connectivity index is 2.45. The topological polar surface area (TPSA) is 29.5 Å². The predicted octanol–water partition coefficient (Wildman–Crippen LogP) is 1.25. The first kappa shape index (κ1) is 10.8. The zero-order valence-electron chi connectivity index (χ0n) is 8.12. The SMILES string of the molecule is CC(Cl)C(=O)N(C)C1CCOCC1. The van der Waals surface area contributed by atoms with Crippen molar-refractivity contribution >= 4 is 17.5 Å². The van der Waals surface area contributed by atoms with Crippen molar-refractivity contribution in [2.75, 3.05) is 20.3 Å². The summed E-state index contributed by atoms with van der Waals surface area (Å²) in [5.74, 6) is 0.00793. The van der Waals surface area contributed by atoms with Crippen LogP contribution in [0.3, 0.4) is 0 Å². The highest BCUT2D eigenvalue weighted by atomic mass is 35.5. The molecule has 1 saturated heterocycles. The molecule has 0 aromatic heterocycles. The van der Waals surface area contributed by atoms with Gasteiger partial charge >= 0.3 is 0 Å². The molecule has 1 atom stereocenters. The number of carbonyl (C=O) groups excluding carboxylic acids is 1. The molecule has 1 heterocycles. The lowest BCUT2D eigenvalue weighted by atomic mass is 10.1. The van der Waals surface area contributed by atoms with Gasteiger partial charge in [0, 0.05) is 26.3 Å². The van der Waals surface area contributed by atoms with Crippen molar-refractivity contribution in [3.63, 3.8) is 0 Å². The minimum absolute atomic E-state index is 0.00793. The molecule has 1 aliphatic rings. The van der Waals surface area contributed by atoms with Crippen molar-refractivity contribution in [3.05, 3.63) is 0 Å². The zero-order chi connectivity index (χ0) is 9.84. The van der Waals surface area contributed by atoms with Crippen LogP contribution in [0.1, 0.15) is 19.8 Å². The van der Waals surface area contributed by atoms with E-state index in [0.29, 0.717) is 6.04 Å². The number of amides is 1. The Morgan fingerprint density at radius 1 is 1.54 bits per heavy atom. The van der Waals surface area contributed by atoms with Gasteiger partial charge in [-0.1, -0.05) is 0 Å². The zero-order valence-corrected chi connectivity index (χ0v) is 8.88. The summed E-state index contributed by atoms with van der Waals surface area (Å²) in [6.45, 7) is 3.21. The van der Waals surface area contributed by atoms with E-state index in [4.69, 9.17) is 16.3 Å². The van der Waals surface area contributed by atoms with Crippen molar-refractivity contribution in [2.24, 2.45) is 0 Å². The molecule has 0 aromatic carbocycles. The van der Waals surface area contributed by atoms with Gasteiger partial charge in [0.15, 0.2) is 0 Å². The molecule has 0 N–H and O–H groups in total. The fraction of sp³-hybridized carbons (Fsp3) is 0.889. The minimum atomic E-state index is -0.423. The molecule has 0 spiro atoms. The molecule has 1 fully saturated rings. The highest BCUT2D eigenvalue weighted by Crippen LogP contribution is 2.14. The molecular formula is C9H16ClNO2. The maximum absolute atomic E-state index is 11.5. The van der Waals surface area contributed by atoms with E-state index >= 15 is 0 Å². The summed E-state index contributed by atoms with van der Waals surface area (Å²) in [5, 5.41) is -0.423. The van der Waals surface area contributed by atoms with Crippen molar-refractivity contribution in [1.29, 1.82) is 0 Å². The molecule has 1 unspecified atom stereocenters. The first-order chi connectivity index (χ1) is 6.13. The van der Waals surface area contributed by atoms with Crippen LogP contribution in [0.4, 0.5) is 0 Å². The molecule has 76 valence electrons. The molecule has 1 amide bonds. The fourth-order valence-electron chi connectivity index (χ4n) is 1.53. The van der Waals surface area contributed by atoms with Gasteiger partial charge < -0.3 is 9.64 Å². The van der Waals surface area contributed by atoms with Crippen LogP contribution in [0, 0.1) is 0 Å². The number of nitrogens with zero attached hydrogens (tertiary/aromatic N) is 1. The van der Waals surface area contributed by atoms with Gasteiger partial charge in [-0.25, -0.2) is 0 Å². The van der Waals surface area contributed by atoms with Gasteiger partial charge in [0.1, 0.15) is 5.38 Å². The molecule has 3 nitrogen and oxygen atoms in total. The second-order valence-electron chi connectivity index (χ2n) is 3.41. The van der Waals surface area contributed by atoms with Crippen molar-refractivity contribution in [3.8, 4) is 0 Å². The van der Waals surface area contributed by atoms with Crippen molar-refractivity contribution < 1.29 is 9.53 Å². The normalized spacial score (nSPS) is 21.2. The minimum Gasteiger partial charge on any atom is -0.381 e. The number of ether oxygens (including phenoxy) is 1. The average molecular weight is 206 g/mol. The van der Waals surface area contributed by atoms with E-state index in [-0.39, 0.29) is 5.91 Å². The Morgan fingerprint density at radius 2 is 2.08 bits per heavy atom. The van der Waals surface area contributed by atoms with Crippen LogP contribution in [0.5, 0.6) is 0 Å². The molecule has 1 aliphatic heterocycles. The first-order valence-electron chi connectivity index (χ1n) is 4.61. The van der Waals surface area contributed by atoms with Gasteiger partial charge in [-0.15, -0.1) is 11.6 Å². The number of rotatable bonds is 2. The third kappa shape index (κ3) is 2.85. The molecule has 0 radical (unpaired) electrons. The molecular weight excluding hydrogens is 190 g/mol. The summed E-state index contributed by atoms with van der Waals surface area (Å²) in [7, 11) is 1.82. The lowest BCUT2D eigenvalue weighted by Crippen LogP contribution is -2.43. The molecule has 0 aliphatic carbocycles. The first-order valence-corrected chi connectivity index (χ1v) is 5.05. The highest BCUT2D eigenvalue weighted by molar-refractivity contribution is 6.30. The summed E-state index contributed by atoms with van der Waals surface area (Å²) >= 11 is 5.72.